The summed E-state index contributed by atoms with van der Waals surface area (Å²) in [4.78, 5) is 4.59. The molecule has 0 saturated carbocycles. The van der Waals surface area contributed by atoms with Crippen molar-refractivity contribution in [2.24, 2.45) is 0 Å². The van der Waals surface area contributed by atoms with E-state index >= 15 is 0 Å². The Morgan fingerprint density at radius 2 is 1.93 bits per heavy atom. The van der Waals surface area contributed by atoms with Gasteiger partial charge in [0.15, 0.2) is 0 Å². The quantitative estimate of drug-likeness (QED) is 0.334. The van der Waals surface area contributed by atoms with Gasteiger partial charge in [0.2, 0.25) is 0 Å². The maximum atomic E-state index is 11.4. The van der Waals surface area contributed by atoms with Gasteiger partial charge in [0.25, 0.3) is 0 Å². The van der Waals surface area contributed by atoms with Gasteiger partial charge in [-0.25, -0.2) is 4.89 Å². The van der Waals surface area contributed by atoms with Crippen LogP contribution < -0.4 is 0 Å². The average molecular weight is 228 g/mol. The predicted molar refractivity (Wildman–Crippen MR) is 55.5 cm³/mol. The van der Waals surface area contributed by atoms with Crippen LogP contribution in [0.4, 0.5) is 0 Å². The summed E-state index contributed by atoms with van der Waals surface area (Å²) in [6.45, 7) is 1.90. The Kier molecular flexibility index (Phi) is 4.48. The molecule has 0 heterocycles. The minimum Gasteiger partial charge on any atom is -0.215 e. The normalized spacial score (nSPS) is 12.1. The lowest BCUT2D eigenvalue weighted by Crippen LogP contribution is -2.07. The fraction of sp³-hybridized carbons (Fsp3) is 0.200. The number of hydrogen-bond donors (Lipinski definition) is 0. The van der Waals surface area contributed by atoms with Crippen LogP contribution in [0, 0.1) is 0 Å². The number of allylic oxidation sites excluding steroid dienone is 1. The summed E-state index contributed by atoms with van der Waals surface area (Å²) in [6.07, 6.45) is 3.37. The zero-order valence-corrected chi connectivity index (χ0v) is 9.11. The van der Waals surface area contributed by atoms with Crippen LogP contribution in [0.3, 0.4) is 0 Å². The Hall–Kier alpha value is -1.17. The number of rotatable bonds is 5. The van der Waals surface area contributed by atoms with Crippen LogP contribution in [0.1, 0.15) is 6.92 Å². The molecule has 0 bridgehead atoms. The first-order chi connectivity index (χ1) is 7.17. The van der Waals surface area contributed by atoms with Crippen molar-refractivity contribution in [1.82, 2.24) is 0 Å². The Morgan fingerprint density at radius 1 is 1.27 bits per heavy atom. The van der Waals surface area contributed by atoms with E-state index in [4.69, 9.17) is 0 Å². The highest BCUT2D eigenvalue weighted by molar-refractivity contribution is 7.86. The van der Waals surface area contributed by atoms with Gasteiger partial charge in [-0.15, -0.1) is 4.33 Å². The lowest BCUT2D eigenvalue weighted by Gasteiger charge is -2.02. The third kappa shape index (κ3) is 3.83. The lowest BCUT2D eigenvalue weighted by molar-refractivity contribution is -0.190. The maximum absolute atomic E-state index is 11.4. The molecule has 1 aromatic rings. The van der Waals surface area contributed by atoms with Crippen LogP contribution in [0.25, 0.3) is 0 Å². The molecule has 0 spiro atoms. The van der Waals surface area contributed by atoms with Gasteiger partial charge in [0.1, 0.15) is 6.61 Å². The molecule has 1 aromatic carbocycles. The van der Waals surface area contributed by atoms with Crippen molar-refractivity contribution in [1.29, 1.82) is 0 Å². The molecule has 4 nitrogen and oxygen atoms in total. The molecule has 0 N–H and O–H groups in total. The van der Waals surface area contributed by atoms with E-state index in [0.29, 0.717) is 0 Å². The molecule has 0 aromatic heterocycles. The van der Waals surface area contributed by atoms with Gasteiger partial charge >= 0.3 is 10.1 Å². The van der Waals surface area contributed by atoms with Gasteiger partial charge in [-0.05, 0) is 19.1 Å². The van der Waals surface area contributed by atoms with E-state index in [1.165, 1.54) is 12.1 Å². The Labute approximate surface area is 89.2 Å². The summed E-state index contributed by atoms with van der Waals surface area (Å²) < 4.78 is 27.2. The van der Waals surface area contributed by atoms with E-state index in [9.17, 15) is 8.42 Å². The summed E-state index contributed by atoms with van der Waals surface area (Å²) in [7, 11) is -3.80. The van der Waals surface area contributed by atoms with Crippen LogP contribution in [0.5, 0.6) is 0 Å². The summed E-state index contributed by atoms with van der Waals surface area (Å²) >= 11 is 0. The van der Waals surface area contributed by atoms with Crippen molar-refractivity contribution in [3.63, 3.8) is 0 Å². The Bertz CT molecular complexity index is 408. The van der Waals surface area contributed by atoms with Crippen molar-refractivity contribution in [3.05, 3.63) is 42.5 Å². The molecule has 0 radical (unpaired) electrons. The van der Waals surface area contributed by atoms with Crippen molar-refractivity contribution < 1.29 is 17.6 Å². The molecule has 15 heavy (non-hydrogen) atoms. The largest absolute Gasteiger partial charge is 0.323 e. The topological polar surface area (TPSA) is 52.6 Å². The third-order valence-corrected chi connectivity index (χ3v) is 2.69. The second kappa shape index (κ2) is 5.65. The Morgan fingerprint density at radius 3 is 2.53 bits per heavy atom. The van der Waals surface area contributed by atoms with Crippen LogP contribution in [-0.2, 0) is 19.3 Å². The smallest absolute Gasteiger partial charge is 0.215 e. The highest BCUT2D eigenvalue weighted by Crippen LogP contribution is 2.11. The third-order valence-electron chi connectivity index (χ3n) is 1.57. The molecule has 5 heteroatoms. The minimum atomic E-state index is -3.80. The second-order valence-corrected chi connectivity index (χ2v) is 4.20. The molecular weight excluding hydrogens is 216 g/mol. The zero-order chi connectivity index (χ0) is 11.1. The summed E-state index contributed by atoms with van der Waals surface area (Å²) in [5.74, 6) is 0. The molecular formula is C10H12O4S. The van der Waals surface area contributed by atoms with Gasteiger partial charge in [-0.3, -0.25) is 0 Å². The van der Waals surface area contributed by atoms with Crippen LogP contribution in [0.15, 0.2) is 47.4 Å². The first kappa shape index (κ1) is 11.9. The maximum Gasteiger partial charge on any atom is 0.323 e. The lowest BCUT2D eigenvalue weighted by atomic mass is 10.4. The zero-order valence-electron chi connectivity index (χ0n) is 8.29. The first-order valence-corrected chi connectivity index (χ1v) is 5.80. The molecule has 1 rings (SSSR count). The molecule has 0 unspecified atom stereocenters. The van der Waals surface area contributed by atoms with E-state index in [1.807, 2.05) is 0 Å². The Balaban J connectivity index is 2.61. The van der Waals surface area contributed by atoms with Gasteiger partial charge in [0, 0.05) is 0 Å². The van der Waals surface area contributed by atoms with Crippen LogP contribution in [-0.4, -0.2) is 15.0 Å². The predicted octanol–water partition coefficient (Wildman–Crippen LogP) is 1.90. The monoisotopic (exact) mass is 228 g/mol. The summed E-state index contributed by atoms with van der Waals surface area (Å²) in [5.41, 5.74) is 0. The van der Waals surface area contributed by atoms with E-state index in [1.54, 1.807) is 37.3 Å². The number of benzene rings is 1. The van der Waals surface area contributed by atoms with E-state index in [-0.39, 0.29) is 11.5 Å². The second-order valence-electron chi connectivity index (χ2n) is 2.69. The molecule has 0 aliphatic heterocycles. The van der Waals surface area contributed by atoms with Crippen LogP contribution in [0.2, 0.25) is 0 Å². The van der Waals surface area contributed by atoms with Crippen molar-refractivity contribution in [2.45, 2.75) is 11.8 Å². The molecule has 0 aliphatic carbocycles. The van der Waals surface area contributed by atoms with Crippen LogP contribution >= 0.6 is 0 Å². The van der Waals surface area contributed by atoms with Gasteiger partial charge in [0.05, 0.1) is 4.90 Å². The minimum absolute atomic E-state index is 0.0745. The van der Waals surface area contributed by atoms with Gasteiger partial charge in [-0.1, -0.05) is 30.4 Å². The molecule has 82 valence electrons. The molecule has 0 saturated heterocycles. The van der Waals surface area contributed by atoms with E-state index in [0.717, 1.165) is 0 Å². The fourth-order valence-electron chi connectivity index (χ4n) is 0.853. The van der Waals surface area contributed by atoms with E-state index in [2.05, 4.69) is 9.22 Å². The highest BCUT2D eigenvalue weighted by Gasteiger charge is 2.14. The van der Waals surface area contributed by atoms with Gasteiger partial charge < -0.3 is 0 Å². The van der Waals surface area contributed by atoms with Crippen molar-refractivity contribution in [2.75, 3.05) is 6.61 Å². The molecule has 0 aliphatic rings. The van der Waals surface area contributed by atoms with E-state index < -0.39 is 10.1 Å². The van der Waals surface area contributed by atoms with Gasteiger partial charge in [-0.2, -0.15) is 8.42 Å². The molecule has 0 fully saturated rings. The summed E-state index contributed by atoms with van der Waals surface area (Å²) in [5, 5.41) is 0. The first-order valence-electron chi connectivity index (χ1n) is 4.39. The van der Waals surface area contributed by atoms with Crippen molar-refractivity contribution in [3.8, 4) is 0 Å². The highest BCUT2D eigenvalue weighted by atomic mass is 32.2. The average Bonchev–Trinajstić information content (AvgIpc) is 2.26. The number of hydrogen-bond acceptors (Lipinski definition) is 4. The fourth-order valence-corrected chi connectivity index (χ4v) is 1.60. The van der Waals surface area contributed by atoms with Crippen molar-refractivity contribution >= 4 is 10.1 Å². The summed E-state index contributed by atoms with van der Waals surface area (Å²) in [6, 6.07) is 7.83. The standard InChI is InChI=1S/C10H12O4S/c1-2-3-9-13-14-15(11,12)10-7-5-4-6-8-10/h2-8H,9H2,1H3. The molecule has 0 atom stereocenters. The molecule has 0 amide bonds. The SMILES string of the molecule is CC=CCOOS(=O)(=O)c1ccccc1.